The number of β-amino-alcohol motifs (C(OH)–C–C–N with tert-alkyl or cyclic N) is 1. The van der Waals surface area contributed by atoms with Crippen LogP contribution < -0.4 is 9.80 Å². The topological polar surface area (TPSA) is 99.6 Å². The van der Waals surface area contributed by atoms with Gasteiger partial charge in [-0.3, -0.25) is 14.4 Å². The summed E-state index contributed by atoms with van der Waals surface area (Å²) in [5.41, 5.74) is 0.490. The molecular formula is C29H38BrN3O6. The van der Waals surface area contributed by atoms with Crippen LogP contribution in [0, 0.1) is 11.8 Å². The van der Waals surface area contributed by atoms with Crippen LogP contribution in [-0.2, 0) is 23.9 Å². The van der Waals surface area contributed by atoms with Crippen LogP contribution in [0.3, 0.4) is 0 Å². The van der Waals surface area contributed by atoms with Gasteiger partial charge in [-0.05, 0) is 51.0 Å². The van der Waals surface area contributed by atoms with E-state index in [1.54, 1.807) is 17.1 Å². The fraction of sp³-hybridized carbons (Fsp3) is 0.552. The summed E-state index contributed by atoms with van der Waals surface area (Å²) in [5, 5.41) is 9.84. The van der Waals surface area contributed by atoms with Crippen molar-refractivity contribution >= 4 is 45.1 Å². The van der Waals surface area contributed by atoms with Gasteiger partial charge >= 0.3 is 5.97 Å². The second kappa shape index (κ2) is 12.2. The molecular weight excluding hydrogens is 566 g/mol. The van der Waals surface area contributed by atoms with Gasteiger partial charge in [-0.2, -0.15) is 0 Å². The number of aliphatic hydroxyl groups is 1. The molecule has 9 nitrogen and oxygen atoms in total. The molecule has 0 aromatic heterocycles. The first-order valence-corrected chi connectivity index (χ1v) is 14.5. The third-order valence-corrected chi connectivity index (χ3v) is 8.91. The highest BCUT2D eigenvalue weighted by Gasteiger charge is 2.77. The number of nitrogens with zero attached hydrogens (tertiary/aromatic N) is 3. The van der Waals surface area contributed by atoms with Crippen LogP contribution in [0.4, 0.5) is 11.4 Å². The number of ether oxygens (including phenoxy) is 2. The molecule has 3 aliphatic rings. The maximum atomic E-state index is 14.4. The van der Waals surface area contributed by atoms with Gasteiger partial charge in [0.15, 0.2) is 0 Å². The number of esters is 1. The molecule has 0 aliphatic carbocycles. The van der Waals surface area contributed by atoms with Crippen LogP contribution in [0.5, 0.6) is 0 Å². The second-order valence-corrected chi connectivity index (χ2v) is 11.3. The number of alkyl halides is 1. The Bertz CT molecular complexity index is 1090. The third kappa shape index (κ3) is 5.02. The molecule has 3 saturated heterocycles. The summed E-state index contributed by atoms with van der Waals surface area (Å²) in [4.78, 5) is 46.4. The Labute approximate surface area is 238 Å². The Morgan fingerprint density at radius 1 is 1.21 bits per heavy atom. The Morgan fingerprint density at radius 2 is 1.87 bits per heavy atom. The number of amides is 2. The average Bonchev–Trinajstić information content (AvgIpc) is 3.52. The van der Waals surface area contributed by atoms with Crippen molar-refractivity contribution < 1.29 is 29.0 Å². The van der Waals surface area contributed by atoms with E-state index in [2.05, 4.69) is 47.8 Å². The summed E-state index contributed by atoms with van der Waals surface area (Å²) in [7, 11) is 0. The number of anilines is 2. The first-order valence-electron chi connectivity index (χ1n) is 13.6. The van der Waals surface area contributed by atoms with Gasteiger partial charge in [0.2, 0.25) is 5.91 Å². The lowest BCUT2D eigenvalue weighted by Crippen LogP contribution is -2.57. The lowest BCUT2D eigenvalue weighted by molar-refractivity contribution is -0.154. The molecule has 2 amide bonds. The fourth-order valence-corrected chi connectivity index (χ4v) is 7.34. The van der Waals surface area contributed by atoms with E-state index in [9.17, 15) is 19.5 Å². The van der Waals surface area contributed by atoms with Gasteiger partial charge in [0.25, 0.3) is 5.91 Å². The summed E-state index contributed by atoms with van der Waals surface area (Å²) in [5.74, 6) is -2.94. The molecule has 0 saturated carbocycles. The van der Waals surface area contributed by atoms with Crippen molar-refractivity contribution in [1.82, 2.24) is 4.90 Å². The van der Waals surface area contributed by atoms with Crippen LogP contribution in [0.2, 0.25) is 0 Å². The molecule has 3 fully saturated rings. The Morgan fingerprint density at radius 3 is 2.46 bits per heavy atom. The quantitative estimate of drug-likeness (QED) is 0.160. The summed E-state index contributed by atoms with van der Waals surface area (Å²) in [6, 6.07) is 6.70. The lowest BCUT2D eigenvalue weighted by atomic mass is 9.70. The molecule has 0 radical (unpaired) electrons. The maximum Gasteiger partial charge on any atom is 0.312 e. The average molecular weight is 605 g/mol. The van der Waals surface area contributed by atoms with Crippen molar-refractivity contribution in [2.75, 3.05) is 49.2 Å². The number of aliphatic hydroxyl groups excluding tert-OH is 1. The number of carbonyl (C=O) groups is 3. The molecule has 6 atom stereocenters. The molecule has 39 heavy (non-hydrogen) atoms. The number of benzene rings is 1. The van der Waals surface area contributed by atoms with Gasteiger partial charge in [0, 0.05) is 42.4 Å². The summed E-state index contributed by atoms with van der Waals surface area (Å²) in [6.07, 6.45) is 3.57. The van der Waals surface area contributed by atoms with Crippen LogP contribution in [0.15, 0.2) is 49.6 Å². The highest BCUT2D eigenvalue weighted by atomic mass is 79.9. The van der Waals surface area contributed by atoms with Crippen molar-refractivity contribution in [2.45, 2.75) is 49.3 Å². The van der Waals surface area contributed by atoms with Gasteiger partial charge in [-0.25, -0.2) is 0 Å². The molecule has 1 aromatic rings. The zero-order valence-corrected chi connectivity index (χ0v) is 24.2. The van der Waals surface area contributed by atoms with Gasteiger partial charge in [0.1, 0.15) is 11.6 Å². The first kappa shape index (κ1) is 29.3. The fourth-order valence-electron chi connectivity index (χ4n) is 6.40. The van der Waals surface area contributed by atoms with Gasteiger partial charge < -0.3 is 29.3 Å². The number of hydrogen-bond donors (Lipinski definition) is 1. The number of carbonyl (C=O) groups excluding carboxylic acids is 3. The molecule has 212 valence electrons. The zero-order valence-electron chi connectivity index (χ0n) is 22.6. The standard InChI is InChI=1S/C29H38BrN3O6/c1-5-9-17-38-28(37)22-23-26(35)33(15-16-34)25(29(23)18-21(30)24(22)39-29)27(36)32(14-6-2)20-12-10-19(11-13-20)31(7-3)8-4/h5-6,10-13,21-25,34H,1-2,7-9,14-18H2,3-4H3/t21?,22-,23-,24-,25?,29?/m0/s1. The van der Waals surface area contributed by atoms with Crippen LogP contribution in [-0.4, -0.2) is 89.8 Å². The summed E-state index contributed by atoms with van der Waals surface area (Å²) < 4.78 is 11.9. The molecule has 1 spiro atoms. The minimum absolute atomic E-state index is 0.0461. The molecule has 4 rings (SSSR count). The SMILES string of the molecule is C=CCCOC(=O)[C@H]1[C@H]2C(=O)N(CCO)C(C(=O)N(CC=C)c3ccc(N(CC)CC)cc3)C23CC(Br)[C@@H]1O3. The van der Waals surface area contributed by atoms with Crippen molar-refractivity contribution in [1.29, 1.82) is 0 Å². The maximum absolute atomic E-state index is 14.4. The Hall–Kier alpha value is -2.69. The van der Waals surface area contributed by atoms with Crippen molar-refractivity contribution in [2.24, 2.45) is 11.8 Å². The second-order valence-electron chi connectivity index (χ2n) is 10.1. The van der Waals surface area contributed by atoms with Crippen LogP contribution in [0.1, 0.15) is 26.7 Å². The molecule has 3 unspecified atom stereocenters. The van der Waals surface area contributed by atoms with Crippen LogP contribution in [0.25, 0.3) is 0 Å². The number of fused-ring (bicyclic) bond motifs is 1. The largest absolute Gasteiger partial charge is 0.465 e. The van der Waals surface area contributed by atoms with E-state index in [0.717, 1.165) is 18.8 Å². The van der Waals surface area contributed by atoms with E-state index in [0.29, 0.717) is 18.5 Å². The van der Waals surface area contributed by atoms with Crippen molar-refractivity contribution in [3.63, 3.8) is 0 Å². The number of rotatable bonds is 13. The lowest BCUT2D eigenvalue weighted by Gasteiger charge is -2.37. The number of halogens is 1. The predicted octanol–water partition coefficient (Wildman–Crippen LogP) is 2.91. The van der Waals surface area contributed by atoms with Crippen molar-refractivity contribution in [3.8, 4) is 0 Å². The van der Waals surface area contributed by atoms with E-state index >= 15 is 0 Å². The Kier molecular flexibility index (Phi) is 9.18. The predicted molar refractivity (Wildman–Crippen MR) is 153 cm³/mol. The Balaban J connectivity index is 1.70. The van der Waals surface area contributed by atoms with Gasteiger partial charge in [0.05, 0.1) is 31.2 Å². The first-order chi connectivity index (χ1) is 18.8. The summed E-state index contributed by atoms with van der Waals surface area (Å²) >= 11 is 3.65. The minimum atomic E-state index is -1.22. The molecule has 1 aromatic carbocycles. The number of likely N-dealkylation sites (tertiary alicyclic amines) is 1. The molecule has 1 N–H and O–H groups in total. The molecule has 2 bridgehead atoms. The van der Waals surface area contributed by atoms with E-state index in [1.807, 2.05) is 24.3 Å². The minimum Gasteiger partial charge on any atom is -0.465 e. The third-order valence-electron chi connectivity index (χ3n) is 8.07. The van der Waals surface area contributed by atoms with Crippen LogP contribution >= 0.6 is 15.9 Å². The van der Waals surface area contributed by atoms with E-state index < -0.39 is 35.6 Å². The molecule has 3 aliphatic heterocycles. The van der Waals surface area contributed by atoms with E-state index in [-0.39, 0.29) is 42.9 Å². The van der Waals surface area contributed by atoms with Gasteiger partial charge in [-0.15, -0.1) is 13.2 Å². The van der Waals surface area contributed by atoms with Crippen molar-refractivity contribution in [3.05, 3.63) is 49.6 Å². The molecule has 3 heterocycles. The highest BCUT2D eigenvalue weighted by Crippen LogP contribution is 2.60. The number of hydrogen-bond acceptors (Lipinski definition) is 7. The zero-order chi connectivity index (χ0) is 28.3. The van der Waals surface area contributed by atoms with E-state index in [1.165, 1.54) is 4.90 Å². The monoisotopic (exact) mass is 603 g/mol. The highest BCUT2D eigenvalue weighted by molar-refractivity contribution is 9.09. The summed E-state index contributed by atoms with van der Waals surface area (Å²) in [6.45, 7) is 13.4. The molecule has 10 heteroatoms. The van der Waals surface area contributed by atoms with E-state index in [4.69, 9.17) is 9.47 Å². The smallest absolute Gasteiger partial charge is 0.312 e. The van der Waals surface area contributed by atoms with Gasteiger partial charge in [-0.1, -0.05) is 28.1 Å². The normalized spacial score (nSPS) is 28.8.